The van der Waals surface area contributed by atoms with Gasteiger partial charge in [-0.25, -0.2) is 0 Å². The molecule has 4 nitrogen and oxygen atoms in total. The molecule has 0 radical (unpaired) electrons. The number of carbonyl (C=O) groups excluding carboxylic acids is 2. The Morgan fingerprint density at radius 1 is 0.875 bits per heavy atom. The molecule has 2 N–H and O–H groups in total. The third kappa shape index (κ3) is 4.69. The van der Waals surface area contributed by atoms with Gasteiger partial charge in [-0.2, -0.15) is 0 Å². The Balaban J connectivity index is 2.11. The number of benzene rings is 2. The third-order valence-corrected chi connectivity index (χ3v) is 4.07. The summed E-state index contributed by atoms with van der Waals surface area (Å²) in [6.45, 7) is 8.19. The van der Waals surface area contributed by atoms with Crippen LogP contribution < -0.4 is 10.6 Å². The van der Waals surface area contributed by atoms with Crippen LogP contribution in [0.2, 0.25) is 0 Å². The number of hydrogen-bond donors (Lipinski definition) is 2. The highest BCUT2D eigenvalue weighted by atomic mass is 16.2. The molecule has 0 spiro atoms. The molecule has 0 saturated carbocycles. The quantitative estimate of drug-likeness (QED) is 0.889. The first-order valence-electron chi connectivity index (χ1n) is 8.04. The third-order valence-electron chi connectivity index (χ3n) is 4.07. The molecule has 2 aromatic rings. The minimum Gasteiger partial charge on any atom is -0.349 e. The number of carbonyl (C=O) groups is 2. The minimum absolute atomic E-state index is 0.0202. The lowest BCUT2D eigenvalue weighted by Gasteiger charge is -2.28. The van der Waals surface area contributed by atoms with Crippen molar-refractivity contribution in [3.8, 4) is 0 Å². The van der Waals surface area contributed by atoms with Gasteiger partial charge in [0.05, 0.1) is 0 Å². The first kappa shape index (κ1) is 17.7. The molecule has 0 bridgehead atoms. The lowest BCUT2D eigenvalue weighted by atomic mass is 9.88. The summed E-state index contributed by atoms with van der Waals surface area (Å²) in [6.07, 6.45) is 0. The molecule has 0 fully saturated rings. The van der Waals surface area contributed by atoms with E-state index in [2.05, 4.69) is 31.4 Å². The van der Waals surface area contributed by atoms with E-state index in [1.807, 2.05) is 37.3 Å². The largest absolute Gasteiger partial charge is 0.349 e. The summed E-state index contributed by atoms with van der Waals surface area (Å²) in [5, 5.41) is 5.80. The Labute approximate surface area is 143 Å². The smallest absolute Gasteiger partial charge is 0.255 e. The van der Waals surface area contributed by atoms with E-state index < -0.39 is 0 Å². The summed E-state index contributed by atoms with van der Waals surface area (Å²) in [5.74, 6) is -0.411. The second-order valence-corrected chi connectivity index (χ2v) is 6.96. The van der Waals surface area contributed by atoms with Crippen LogP contribution in [0.1, 0.15) is 48.4 Å². The first-order valence-corrected chi connectivity index (χ1v) is 8.04. The van der Waals surface area contributed by atoms with E-state index in [9.17, 15) is 9.59 Å². The molecule has 126 valence electrons. The summed E-state index contributed by atoms with van der Waals surface area (Å²) in [4.78, 5) is 24.7. The summed E-state index contributed by atoms with van der Waals surface area (Å²) in [5.41, 5.74) is 1.62. The van der Waals surface area contributed by atoms with Gasteiger partial charge in [-0.1, -0.05) is 45.0 Å². The number of para-hydroxylation sites is 1. The Hall–Kier alpha value is -2.62. The highest BCUT2D eigenvalue weighted by Crippen LogP contribution is 2.19. The number of nitrogens with one attached hydrogen (secondary N) is 2. The van der Waals surface area contributed by atoms with Crippen molar-refractivity contribution in [2.24, 2.45) is 5.41 Å². The fourth-order valence-corrected chi connectivity index (χ4v) is 2.02. The number of anilines is 1. The van der Waals surface area contributed by atoms with Crippen molar-refractivity contribution in [2.75, 3.05) is 5.32 Å². The van der Waals surface area contributed by atoms with E-state index in [1.54, 1.807) is 24.3 Å². The fourth-order valence-electron chi connectivity index (χ4n) is 2.02. The van der Waals surface area contributed by atoms with Crippen LogP contribution in [-0.4, -0.2) is 17.9 Å². The van der Waals surface area contributed by atoms with E-state index in [1.165, 1.54) is 0 Å². The van der Waals surface area contributed by atoms with Gasteiger partial charge in [0.15, 0.2) is 0 Å². The normalized spacial score (nSPS) is 12.3. The zero-order valence-electron chi connectivity index (χ0n) is 14.6. The maximum absolute atomic E-state index is 12.4. The second kappa shape index (κ2) is 7.30. The highest BCUT2D eigenvalue weighted by molar-refractivity contribution is 6.06. The van der Waals surface area contributed by atoms with Crippen molar-refractivity contribution >= 4 is 17.5 Å². The van der Waals surface area contributed by atoms with Crippen molar-refractivity contribution in [3.05, 3.63) is 65.7 Å². The van der Waals surface area contributed by atoms with Crippen molar-refractivity contribution < 1.29 is 9.59 Å². The van der Waals surface area contributed by atoms with E-state index in [-0.39, 0.29) is 23.3 Å². The van der Waals surface area contributed by atoms with Crippen molar-refractivity contribution in [2.45, 2.75) is 33.7 Å². The summed E-state index contributed by atoms with van der Waals surface area (Å²) in [6, 6.07) is 16.0. The SMILES string of the molecule is CC(NC(=O)c1cccc(C(=O)Nc2ccccc2)c1)C(C)(C)C. The molecule has 0 saturated heterocycles. The van der Waals surface area contributed by atoms with Crippen LogP contribution in [0, 0.1) is 5.41 Å². The average Bonchev–Trinajstić information content (AvgIpc) is 2.55. The molecule has 2 aromatic carbocycles. The van der Waals surface area contributed by atoms with Crippen molar-refractivity contribution in [3.63, 3.8) is 0 Å². The lowest BCUT2D eigenvalue weighted by molar-refractivity contribution is 0.0910. The van der Waals surface area contributed by atoms with E-state index in [0.717, 1.165) is 5.69 Å². The summed E-state index contributed by atoms with van der Waals surface area (Å²) >= 11 is 0. The molecule has 0 aromatic heterocycles. The van der Waals surface area contributed by atoms with Gasteiger partial charge in [-0.3, -0.25) is 9.59 Å². The van der Waals surface area contributed by atoms with Crippen LogP contribution in [0.4, 0.5) is 5.69 Å². The van der Waals surface area contributed by atoms with Crippen molar-refractivity contribution in [1.82, 2.24) is 5.32 Å². The van der Waals surface area contributed by atoms with Crippen LogP contribution in [0.3, 0.4) is 0 Å². The summed E-state index contributed by atoms with van der Waals surface area (Å²) < 4.78 is 0. The molecule has 0 aliphatic rings. The molecule has 2 amide bonds. The maximum atomic E-state index is 12.4. The number of amides is 2. The molecule has 1 atom stereocenters. The van der Waals surface area contributed by atoms with Crippen LogP contribution in [0.15, 0.2) is 54.6 Å². The molecule has 24 heavy (non-hydrogen) atoms. The van der Waals surface area contributed by atoms with E-state index >= 15 is 0 Å². The van der Waals surface area contributed by atoms with Gasteiger partial charge in [-0.15, -0.1) is 0 Å². The standard InChI is InChI=1S/C20H24N2O2/c1-14(20(2,3)4)21-18(23)15-9-8-10-16(13-15)19(24)22-17-11-6-5-7-12-17/h5-14H,1-4H3,(H,21,23)(H,22,24). The van der Waals surface area contributed by atoms with Gasteiger partial charge in [-0.05, 0) is 42.7 Å². The highest BCUT2D eigenvalue weighted by Gasteiger charge is 2.22. The molecular weight excluding hydrogens is 300 g/mol. The molecule has 0 heterocycles. The average molecular weight is 324 g/mol. The second-order valence-electron chi connectivity index (χ2n) is 6.96. The topological polar surface area (TPSA) is 58.2 Å². The number of rotatable bonds is 4. The zero-order chi connectivity index (χ0) is 17.7. The molecule has 1 unspecified atom stereocenters. The van der Waals surface area contributed by atoms with Gasteiger partial charge in [0.2, 0.25) is 0 Å². The Morgan fingerprint density at radius 3 is 2.04 bits per heavy atom. The van der Waals surface area contributed by atoms with Crippen LogP contribution in [0.5, 0.6) is 0 Å². The minimum atomic E-state index is -0.236. The predicted octanol–water partition coefficient (Wildman–Crippen LogP) is 4.10. The van der Waals surface area contributed by atoms with E-state index in [4.69, 9.17) is 0 Å². The van der Waals surface area contributed by atoms with Crippen LogP contribution in [0.25, 0.3) is 0 Å². The van der Waals surface area contributed by atoms with Gasteiger partial charge in [0, 0.05) is 22.9 Å². The lowest BCUT2D eigenvalue weighted by Crippen LogP contribution is -2.41. The van der Waals surface area contributed by atoms with Gasteiger partial charge in [0.25, 0.3) is 11.8 Å². The first-order chi connectivity index (χ1) is 11.3. The predicted molar refractivity (Wildman–Crippen MR) is 97.2 cm³/mol. The molecule has 4 heteroatoms. The van der Waals surface area contributed by atoms with Gasteiger partial charge in [0.1, 0.15) is 0 Å². The molecule has 0 aliphatic heterocycles. The van der Waals surface area contributed by atoms with Crippen LogP contribution >= 0.6 is 0 Å². The number of hydrogen-bond acceptors (Lipinski definition) is 2. The molecular formula is C20H24N2O2. The van der Waals surface area contributed by atoms with Crippen molar-refractivity contribution in [1.29, 1.82) is 0 Å². The Morgan fingerprint density at radius 2 is 1.46 bits per heavy atom. The fraction of sp³-hybridized carbons (Fsp3) is 0.300. The van der Waals surface area contributed by atoms with Gasteiger partial charge >= 0.3 is 0 Å². The monoisotopic (exact) mass is 324 g/mol. The van der Waals surface area contributed by atoms with Gasteiger partial charge < -0.3 is 10.6 Å². The maximum Gasteiger partial charge on any atom is 0.255 e. The molecule has 2 rings (SSSR count). The van der Waals surface area contributed by atoms with Crippen LogP contribution in [-0.2, 0) is 0 Å². The molecule has 0 aliphatic carbocycles. The summed E-state index contributed by atoms with van der Waals surface area (Å²) in [7, 11) is 0. The van der Waals surface area contributed by atoms with E-state index in [0.29, 0.717) is 11.1 Å². The zero-order valence-corrected chi connectivity index (χ0v) is 14.6. The Bertz CT molecular complexity index is 718. The Kier molecular flexibility index (Phi) is 5.39.